The van der Waals surface area contributed by atoms with Gasteiger partial charge in [-0.05, 0) is 20.3 Å². The zero-order chi connectivity index (χ0) is 15.4. The Morgan fingerprint density at radius 1 is 1.38 bits per heavy atom. The number of carbonyl (C=O) groups excluding carboxylic acids is 1. The molecule has 0 spiro atoms. The molecule has 0 unspecified atom stereocenters. The lowest BCUT2D eigenvalue weighted by atomic mass is 10.2. The summed E-state index contributed by atoms with van der Waals surface area (Å²) in [7, 11) is 0. The first kappa shape index (κ1) is 15.2. The first-order valence-corrected chi connectivity index (χ1v) is 7.17. The van der Waals surface area contributed by atoms with Crippen molar-refractivity contribution in [2.45, 2.75) is 47.2 Å². The van der Waals surface area contributed by atoms with Gasteiger partial charge in [0, 0.05) is 25.7 Å². The van der Waals surface area contributed by atoms with Crippen molar-refractivity contribution in [3.05, 3.63) is 29.2 Å². The number of aromatic nitrogens is 4. The van der Waals surface area contributed by atoms with Gasteiger partial charge in [0.2, 0.25) is 5.89 Å². The summed E-state index contributed by atoms with van der Waals surface area (Å²) in [6, 6.07) is 0. The summed E-state index contributed by atoms with van der Waals surface area (Å²) in [5.41, 5.74) is 1.52. The maximum absolute atomic E-state index is 12.6. The van der Waals surface area contributed by atoms with Gasteiger partial charge in [-0.2, -0.15) is 10.1 Å². The topological polar surface area (TPSA) is 77.0 Å². The van der Waals surface area contributed by atoms with E-state index in [-0.39, 0.29) is 5.91 Å². The Balaban J connectivity index is 2.16. The molecule has 7 heteroatoms. The van der Waals surface area contributed by atoms with E-state index in [0.29, 0.717) is 30.4 Å². The fourth-order valence-corrected chi connectivity index (χ4v) is 2.17. The Hall–Kier alpha value is -2.18. The van der Waals surface area contributed by atoms with Gasteiger partial charge in [0.15, 0.2) is 5.82 Å². The van der Waals surface area contributed by atoms with E-state index in [4.69, 9.17) is 4.52 Å². The van der Waals surface area contributed by atoms with Gasteiger partial charge in [-0.3, -0.25) is 9.48 Å². The van der Waals surface area contributed by atoms with Crippen molar-refractivity contribution in [1.29, 1.82) is 0 Å². The smallest absolute Gasteiger partial charge is 0.257 e. The molecular formula is C14H21N5O2. The molecule has 0 aliphatic carbocycles. The normalized spacial score (nSPS) is 10.9. The van der Waals surface area contributed by atoms with Crippen molar-refractivity contribution in [3.63, 3.8) is 0 Å². The molecule has 0 atom stereocenters. The van der Waals surface area contributed by atoms with Crippen LogP contribution >= 0.6 is 0 Å². The molecule has 0 aliphatic rings. The lowest BCUT2D eigenvalue weighted by Gasteiger charge is -2.18. The second kappa shape index (κ2) is 6.51. The van der Waals surface area contributed by atoms with E-state index in [1.165, 1.54) is 0 Å². The van der Waals surface area contributed by atoms with Gasteiger partial charge in [0.05, 0.1) is 18.3 Å². The van der Waals surface area contributed by atoms with Crippen molar-refractivity contribution in [2.24, 2.45) is 0 Å². The summed E-state index contributed by atoms with van der Waals surface area (Å²) >= 11 is 0. The molecule has 2 rings (SSSR count). The zero-order valence-corrected chi connectivity index (χ0v) is 13.0. The van der Waals surface area contributed by atoms with Crippen LogP contribution in [0.25, 0.3) is 0 Å². The molecule has 114 valence electrons. The maximum atomic E-state index is 12.6. The number of carbonyl (C=O) groups is 1. The molecule has 2 aromatic heterocycles. The third-order valence-corrected chi connectivity index (χ3v) is 3.34. The van der Waals surface area contributed by atoms with Crippen LogP contribution in [0.5, 0.6) is 0 Å². The van der Waals surface area contributed by atoms with Crippen molar-refractivity contribution in [2.75, 3.05) is 6.54 Å². The monoisotopic (exact) mass is 291 g/mol. The average molecular weight is 291 g/mol. The lowest BCUT2D eigenvalue weighted by molar-refractivity contribution is 0.0746. The Kier molecular flexibility index (Phi) is 4.72. The van der Waals surface area contributed by atoms with Crippen LogP contribution < -0.4 is 0 Å². The summed E-state index contributed by atoms with van der Waals surface area (Å²) in [4.78, 5) is 18.4. The Morgan fingerprint density at radius 3 is 2.71 bits per heavy atom. The van der Waals surface area contributed by atoms with Gasteiger partial charge >= 0.3 is 0 Å². The molecule has 0 radical (unpaired) electrons. The first-order valence-electron chi connectivity index (χ1n) is 7.17. The Morgan fingerprint density at radius 2 is 2.14 bits per heavy atom. The quantitative estimate of drug-likeness (QED) is 0.813. The summed E-state index contributed by atoms with van der Waals surface area (Å²) < 4.78 is 6.80. The number of aryl methyl sites for hydroxylation is 2. The predicted molar refractivity (Wildman–Crippen MR) is 76.7 cm³/mol. The molecule has 1 amide bonds. The molecule has 0 fully saturated rings. The van der Waals surface area contributed by atoms with Crippen LogP contribution in [0.4, 0.5) is 0 Å². The molecule has 7 nitrogen and oxygen atoms in total. The second-order valence-electron chi connectivity index (χ2n) is 4.92. The van der Waals surface area contributed by atoms with Crippen LogP contribution in [0.1, 0.15) is 48.0 Å². The standard InChI is InChI=1S/C14H21N5O2/c1-5-7-19-10(3)12(8-15-19)14(20)18(6-2)9-13-16-11(4)21-17-13/h8H,5-7,9H2,1-4H3. The third kappa shape index (κ3) is 3.29. The largest absolute Gasteiger partial charge is 0.340 e. The van der Waals surface area contributed by atoms with Crippen molar-refractivity contribution >= 4 is 5.91 Å². The fourth-order valence-electron chi connectivity index (χ4n) is 2.17. The van der Waals surface area contributed by atoms with Crippen LogP contribution in [0.3, 0.4) is 0 Å². The highest BCUT2D eigenvalue weighted by Gasteiger charge is 2.21. The van der Waals surface area contributed by atoms with Crippen LogP contribution in [-0.2, 0) is 13.1 Å². The number of amides is 1. The molecule has 21 heavy (non-hydrogen) atoms. The summed E-state index contributed by atoms with van der Waals surface area (Å²) in [6.07, 6.45) is 2.62. The van der Waals surface area contributed by atoms with Gasteiger partial charge in [-0.25, -0.2) is 0 Å². The minimum Gasteiger partial charge on any atom is -0.340 e. The Labute approximate surface area is 123 Å². The van der Waals surface area contributed by atoms with E-state index in [0.717, 1.165) is 18.7 Å². The second-order valence-corrected chi connectivity index (χ2v) is 4.92. The SMILES string of the molecule is CCCn1ncc(C(=O)N(CC)Cc2noc(C)n2)c1C. The van der Waals surface area contributed by atoms with Crippen LogP contribution in [-0.4, -0.2) is 37.3 Å². The molecule has 0 aliphatic heterocycles. The number of hydrogen-bond donors (Lipinski definition) is 0. The summed E-state index contributed by atoms with van der Waals surface area (Å²) in [5, 5.41) is 8.11. The Bertz CT molecular complexity index is 617. The number of hydrogen-bond acceptors (Lipinski definition) is 5. The number of nitrogens with zero attached hydrogens (tertiary/aromatic N) is 5. The summed E-state index contributed by atoms with van der Waals surface area (Å²) in [5.74, 6) is 0.960. The maximum Gasteiger partial charge on any atom is 0.257 e. The molecular weight excluding hydrogens is 270 g/mol. The molecule has 2 aromatic rings. The van der Waals surface area contributed by atoms with E-state index in [2.05, 4.69) is 22.2 Å². The highest BCUT2D eigenvalue weighted by Crippen LogP contribution is 2.13. The van der Waals surface area contributed by atoms with Gasteiger partial charge in [-0.15, -0.1) is 0 Å². The molecule has 0 saturated heterocycles. The highest BCUT2D eigenvalue weighted by atomic mass is 16.5. The molecule has 2 heterocycles. The van der Waals surface area contributed by atoms with Gasteiger partial charge in [0.1, 0.15) is 0 Å². The van der Waals surface area contributed by atoms with Crippen LogP contribution in [0.15, 0.2) is 10.7 Å². The van der Waals surface area contributed by atoms with Crippen molar-refractivity contribution < 1.29 is 9.32 Å². The molecule has 0 aromatic carbocycles. The molecule has 0 saturated carbocycles. The van der Waals surface area contributed by atoms with E-state index >= 15 is 0 Å². The third-order valence-electron chi connectivity index (χ3n) is 3.34. The lowest BCUT2D eigenvalue weighted by Crippen LogP contribution is -2.31. The van der Waals surface area contributed by atoms with Crippen LogP contribution in [0, 0.1) is 13.8 Å². The minimum absolute atomic E-state index is 0.0557. The van der Waals surface area contributed by atoms with E-state index in [1.54, 1.807) is 18.0 Å². The van der Waals surface area contributed by atoms with Gasteiger partial charge < -0.3 is 9.42 Å². The predicted octanol–water partition coefficient (Wildman–Crippen LogP) is 1.96. The molecule has 0 N–H and O–H groups in total. The van der Waals surface area contributed by atoms with Crippen LogP contribution in [0.2, 0.25) is 0 Å². The van der Waals surface area contributed by atoms with E-state index in [1.807, 2.05) is 18.5 Å². The first-order chi connectivity index (χ1) is 10.1. The van der Waals surface area contributed by atoms with E-state index in [9.17, 15) is 4.79 Å². The zero-order valence-electron chi connectivity index (χ0n) is 13.0. The minimum atomic E-state index is -0.0557. The molecule has 0 bridgehead atoms. The van der Waals surface area contributed by atoms with Crippen molar-refractivity contribution in [1.82, 2.24) is 24.8 Å². The average Bonchev–Trinajstić information content (AvgIpc) is 3.03. The highest BCUT2D eigenvalue weighted by molar-refractivity contribution is 5.95. The van der Waals surface area contributed by atoms with Crippen molar-refractivity contribution in [3.8, 4) is 0 Å². The summed E-state index contributed by atoms with van der Waals surface area (Å²) in [6.45, 7) is 9.39. The number of rotatable bonds is 6. The fraction of sp³-hybridized carbons (Fsp3) is 0.571. The van der Waals surface area contributed by atoms with E-state index < -0.39 is 0 Å². The van der Waals surface area contributed by atoms with Gasteiger partial charge in [0.25, 0.3) is 5.91 Å². The van der Waals surface area contributed by atoms with Gasteiger partial charge in [-0.1, -0.05) is 12.1 Å².